The first-order valence-corrected chi connectivity index (χ1v) is 6.63. The number of anilines is 1. The Labute approximate surface area is 112 Å². The largest absolute Gasteiger partial charge is 0.369 e. The van der Waals surface area contributed by atoms with E-state index in [9.17, 15) is 9.18 Å². The summed E-state index contributed by atoms with van der Waals surface area (Å²) in [7, 11) is 0. The number of primary amides is 1. The number of hydrogen-bond acceptors (Lipinski definition) is 3. The summed E-state index contributed by atoms with van der Waals surface area (Å²) >= 11 is 0. The highest BCUT2D eigenvalue weighted by molar-refractivity contribution is 5.88. The minimum absolute atomic E-state index is 0.0540. The Bertz CT molecular complexity index is 466. The highest BCUT2D eigenvalue weighted by atomic mass is 19.1. The van der Waals surface area contributed by atoms with Crippen LogP contribution in [0.2, 0.25) is 0 Å². The molecule has 1 aromatic rings. The molecule has 5 heteroatoms. The normalized spacial score (nSPS) is 26.9. The first-order chi connectivity index (χ1) is 9.10. The van der Waals surface area contributed by atoms with Crippen LogP contribution < -0.4 is 16.4 Å². The van der Waals surface area contributed by atoms with E-state index in [0.717, 1.165) is 6.42 Å². The van der Waals surface area contributed by atoms with E-state index in [0.29, 0.717) is 25.2 Å². The highest BCUT2D eigenvalue weighted by Gasteiger charge is 2.45. The van der Waals surface area contributed by atoms with Gasteiger partial charge in [-0.25, -0.2) is 4.39 Å². The molecular formula is C14H20FN3O. The maximum absolute atomic E-state index is 13.8. The summed E-state index contributed by atoms with van der Waals surface area (Å²) in [6.07, 6.45) is 1.37. The summed E-state index contributed by atoms with van der Waals surface area (Å²) in [4.78, 5) is 12.0. The molecule has 1 aliphatic rings. The maximum atomic E-state index is 13.8. The predicted octanol–water partition coefficient (Wildman–Crippen LogP) is 1.48. The van der Waals surface area contributed by atoms with Crippen molar-refractivity contribution >= 4 is 11.6 Å². The van der Waals surface area contributed by atoms with Crippen molar-refractivity contribution in [2.75, 3.05) is 18.4 Å². The van der Waals surface area contributed by atoms with Gasteiger partial charge in [0, 0.05) is 12.5 Å². The topological polar surface area (TPSA) is 67.2 Å². The van der Waals surface area contributed by atoms with Crippen molar-refractivity contribution in [2.24, 2.45) is 11.7 Å². The van der Waals surface area contributed by atoms with Gasteiger partial charge in [-0.15, -0.1) is 0 Å². The Kier molecular flexibility index (Phi) is 4.04. The van der Waals surface area contributed by atoms with Gasteiger partial charge in [0.2, 0.25) is 5.91 Å². The van der Waals surface area contributed by atoms with Gasteiger partial charge >= 0.3 is 0 Å². The number of hydrogen-bond donors (Lipinski definition) is 3. The monoisotopic (exact) mass is 265 g/mol. The smallest absolute Gasteiger partial charge is 0.243 e. The molecule has 0 aromatic heterocycles. The van der Waals surface area contributed by atoms with Crippen LogP contribution in [0.3, 0.4) is 0 Å². The van der Waals surface area contributed by atoms with Gasteiger partial charge in [-0.1, -0.05) is 19.1 Å². The number of nitrogens with two attached hydrogens (primary N) is 1. The second-order valence-corrected chi connectivity index (χ2v) is 5.00. The van der Waals surface area contributed by atoms with Crippen molar-refractivity contribution in [2.45, 2.75) is 25.3 Å². The van der Waals surface area contributed by atoms with Crippen molar-refractivity contribution in [3.8, 4) is 0 Å². The molecule has 2 atom stereocenters. The number of benzene rings is 1. The van der Waals surface area contributed by atoms with Crippen molar-refractivity contribution in [3.63, 3.8) is 0 Å². The number of nitrogens with one attached hydrogen (secondary N) is 2. The van der Waals surface area contributed by atoms with Gasteiger partial charge in [-0.05, 0) is 31.5 Å². The lowest BCUT2D eigenvalue weighted by Gasteiger charge is -2.43. The number of carbonyl (C=O) groups excluding carboxylic acids is 1. The minimum Gasteiger partial charge on any atom is -0.369 e. The van der Waals surface area contributed by atoms with E-state index in [1.165, 1.54) is 6.07 Å². The zero-order valence-electron chi connectivity index (χ0n) is 11.1. The molecule has 0 spiro atoms. The molecule has 1 aliphatic heterocycles. The lowest BCUT2D eigenvalue weighted by molar-refractivity contribution is -0.125. The molecule has 1 amide bonds. The van der Waals surface area contributed by atoms with Crippen LogP contribution in [0.25, 0.3) is 0 Å². The standard InChI is InChI=1S/C14H20FN3O/c1-2-10-9-17-8-7-14(10,13(16)19)18-12-6-4-3-5-11(12)15/h3-6,10,17-18H,2,7-9H2,1H3,(H2,16,19). The first-order valence-electron chi connectivity index (χ1n) is 6.63. The Morgan fingerprint density at radius 2 is 2.32 bits per heavy atom. The molecule has 1 saturated heterocycles. The van der Waals surface area contributed by atoms with Crippen LogP contribution in [0, 0.1) is 11.7 Å². The van der Waals surface area contributed by atoms with Gasteiger partial charge in [0.25, 0.3) is 0 Å². The van der Waals surface area contributed by atoms with Gasteiger partial charge in [0.1, 0.15) is 11.4 Å². The summed E-state index contributed by atoms with van der Waals surface area (Å²) in [5.41, 5.74) is 5.08. The molecule has 1 aromatic carbocycles. The fraction of sp³-hybridized carbons (Fsp3) is 0.500. The van der Waals surface area contributed by atoms with Crippen molar-refractivity contribution in [1.82, 2.24) is 5.32 Å². The number of piperidine rings is 1. The van der Waals surface area contributed by atoms with Crippen LogP contribution >= 0.6 is 0 Å². The Morgan fingerprint density at radius 1 is 1.58 bits per heavy atom. The quantitative estimate of drug-likeness (QED) is 0.772. The van der Waals surface area contributed by atoms with Crippen molar-refractivity contribution in [1.29, 1.82) is 0 Å². The molecule has 1 heterocycles. The Hall–Kier alpha value is -1.62. The molecule has 104 valence electrons. The number of rotatable bonds is 4. The molecule has 19 heavy (non-hydrogen) atoms. The molecule has 0 bridgehead atoms. The average molecular weight is 265 g/mol. The van der Waals surface area contributed by atoms with E-state index in [-0.39, 0.29) is 11.7 Å². The second-order valence-electron chi connectivity index (χ2n) is 5.00. The summed E-state index contributed by atoms with van der Waals surface area (Å²) in [5.74, 6) is -0.723. The molecule has 0 aliphatic carbocycles. The van der Waals surface area contributed by atoms with Crippen LogP contribution in [0.4, 0.5) is 10.1 Å². The molecule has 0 saturated carbocycles. The van der Waals surface area contributed by atoms with Crippen LogP contribution in [-0.2, 0) is 4.79 Å². The van der Waals surface area contributed by atoms with Gasteiger partial charge in [-0.2, -0.15) is 0 Å². The molecule has 4 N–H and O–H groups in total. The third-order valence-electron chi connectivity index (χ3n) is 3.95. The molecule has 2 unspecified atom stereocenters. The SMILES string of the molecule is CCC1CNCCC1(Nc1ccccc1F)C(N)=O. The highest BCUT2D eigenvalue weighted by Crippen LogP contribution is 2.32. The fourth-order valence-electron chi connectivity index (χ4n) is 2.79. The zero-order valence-corrected chi connectivity index (χ0v) is 11.1. The average Bonchev–Trinajstić information content (AvgIpc) is 2.41. The first kappa shape index (κ1) is 13.8. The van der Waals surface area contributed by atoms with E-state index < -0.39 is 11.4 Å². The van der Waals surface area contributed by atoms with Crippen LogP contribution in [-0.4, -0.2) is 24.5 Å². The lowest BCUT2D eigenvalue weighted by Crippen LogP contribution is -2.62. The van der Waals surface area contributed by atoms with Crippen LogP contribution in [0.1, 0.15) is 19.8 Å². The minimum atomic E-state index is -0.873. The number of halogens is 1. The van der Waals surface area contributed by atoms with Gasteiger partial charge in [0.05, 0.1) is 5.69 Å². The number of amides is 1. The number of para-hydroxylation sites is 1. The summed E-state index contributed by atoms with van der Waals surface area (Å²) in [5, 5.41) is 6.33. The second kappa shape index (κ2) is 5.57. The third-order valence-corrected chi connectivity index (χ3v) is 3.95. The van der Waals surface area contributed by atoms with Crippen molar-refractivity contribution in [3.05, 3.63) is 30.1 Å². The lowest BCUT2D eigenvalue weighted by atomic mass is 9.76. The third kappa shape index (κ3) is 2.56. The van der Waals surface area contributed by atoms with Gasteiger partial charge in [0.15, 0.2) is 0 Å². The van der Waals surface area contributed by atoms with Crippen molar-refractivity contribution < 1.29 is 9.18 Å². The summed E-state index contributed by atoms with van der Waals surface area (Å²) in [6, 6.07) is 6.37. The Balaban J connectivity index is 2.34. The summed E-state index contributed by atoms with van der Waals surface area (Å²) < 4.78 is 13.8. The van der Waals surface area contributed by atoms with E-state index in [2.05, 4.69) is 10.6 Å². The van der Waals surface area contributed by atoms with E-state index in [4.69, 9.17) is 5.73 Å². The zero-order chi connectivity index (χ0) is 13.9. The molecular weight excluding hydrogens is 245 g/mol. The predicted molar refractivity (Wildman–Crippen MR) is 73.2 cm³/mol. The molecule has 2 rings (SSSR count). The molecule has 1 fully saturated rings. The molecule has 0 radical (unpaired) electrons. The van der Waals surface area contributed by atoms with Gasteiger partial charge < -0.3 is 16.4 Å². The fourth-order valence-corrected chi connectivity index (χ4v) is 2.79. The van der Waals surface area contributed by atoms with E-state index in [1.807, 2.05) is 6.92 Å². The Morgan fingerprint density at radius 3 is 2.95 bits per heavy atom. The van der Waals surface area contributed by atoms with E-state index in [1.54, 1.807) is 18.2 Å². The molecule has 4 nitrogen and oxygen atoms in total. The van der Waals surface area contributed by atoms with Gasteiger partial charge in [-0.3, -0.25) is 4.79 Å². The van der Waals surface area contributed by atoms with Crippen LogP contribution in [0.15, 0.2) is 24.3 Å². The maximum Gasteiger partial charge on any atom is 0.243 e. The van der Waals surface area contributed by atoms with Crippen LogP contribution in [0.5, 0.6) is 0 Å². The number of carbonyl (C=O) groups is 1. The van der Waals surface area contributed by atoms with E-state index >= 15 is 0 Å². The summed E-state index contributed by atoms with van der Waals surface area (Å²) in [6.45, 7) is 3.42.